The third kappa shape index (κ3) is 6.19. The van der Waals surface area contributed by atoms with Crippen molar-refractivity contribution in [3.63, 3.8) is 0 Å². The molecule has 2 amide bonds. The second-order valence-corrected chi connectivity index (χ2v) is 10.2. The van der Waals surface area contributed by atoms with Gasteiger partial charge in [0, 0.05) is 25.0 Å². The number of ether oxygens (including phenoxy) is 2. The fraction of sp³-hybridized carbons (Fsp3) is 0.429. The first-order valence-corrected chi connectivity index (χ1v) is 12.0. The smallest absolute Gasteiger partial charge is 0.410 e. The Morgan fingerprint density at radius 3 is 2.21 bits per heavy atom. The molecule has 2 aromatic rings. The van der Waals surface area contributed by atoms with Crippen LogP contribution in [0.3, 0.4) is 0 Å². The van der Waals surface area contributed by atoms with Gasteiger partial charge >= 0.3 is 12.2 Å². The molecule has 2 aliphatic carbocycles. The molecule has 180 valence electrons. The molecule has 2 bridgehead atoms. The van der Waals surface area contributed by atoms with Crippen LogP contribution in [0.1, 0.15) is 38.3 Å². The molecule has 4 atom stereocenters. The molecule has 34 heavy (non-hydrogen) atoms. The minimum Gasteiger partial charge on any atom is -0.445 e. The van der Waals surface area contributed by atoms with Crippen molar-refractivity contribution in [2.75, 3.05) is 6.54 Å². The molecular formula is C28H34N2O4. The molecule has 0 unspecified atom stereocenters. The molecule has 0 radical (unpaired) electrons. The van der Waals surface area contributed by atoms with Crippen molar-refractivity contribution in [1.29, 1.82) is 0 Å². The van der Waals surface area contributed by atoms with Crippen molar-refractivity contribution in [3.05, 3.63) is 83.9 Å². The van der Waals surface area contributed by atoms with Crippen LogP contribution in [0, 0.1) is 17.8 Å². The molecule has 6 nitrogen and oxygen atoms in total. The summed E-state index contributed by atoms with van der Waals surface area (Å²) in [5, 5.41) is 3.09. The minimum atomic E-state index is -0.562. The summed E-state index contributed by atoms with van der Waals surface area (Å²) in [6.07, 6.45) is 4.61. The largest absolute Gasteiger partial charge is 0.445 e. The number of hydrogen-bond donors (Lipinski definition) is 1. The van der Waals surface area contributed by atoms with Crippen LogP contribution >= 0.6 is 0 Å². The van der Waals surface area contributed by atoms with E-state index in [0.717, 1.165) is 17.5 Å². The van der Waals surface area contributed by atoms with Gasteiger partial charge in [0.25, 0.3) is 0 Å². The third-order valence-corrected chi connectivity index (χ3v) is 6.42. The van der Waals surface area contributed by atoms with Gasteiger partial charge in [-0.2, -0.15) is 0 Å². The summed E-state index contributed by atoms with van der Waals surface area (Å²) in [7, 11) is 0. The van der Waals surface area contributed by atoms with Crippen LogP contribution in [-0.4, -0.2) is 35.3 Å². The number of amides is 2. The lowest BCUT2D eigenvalue weighted by molar-refractivity contribution is 0.0464. The van der Waals surface area contributed by atoms with E-state index in [9.17, 15) is 9.59 Å². The first kappa shape index (κ1) is 23.9. The van der Waals surface area contributed by atoms with E-state index < -0.39 is 11.7 Å². The zero-order valence-electron chi connectivity index (χ0n) is 20.1. The number of benzene rings is 2. The fourth-order valence-electron chi connectivity index (χ4n) is 4.90. The Bertz CT molecular complexity index is 1000. The first-order valence-electron chi connectivity index (χ1n) is 12.0. The van der Waals surface area contributed by atoms with Gasteiger partial charge in [-0.15, -0.1) is 0 Å². The number of fused-ring (bicyclic) bond motifs is 2. The molecule has 0 aromatic heterocycles. The van der Waals surface area contributed by atoms with Gasteiger partial charge in [0.05, 0.1) is 0 Å². The van der Waals surface area contributed by atoms with Gasteiger partial charge in [-0.3, -0.25) is 0 Å². The van der Waals surface area contributed by atoms with E-state index in [1.807, 2.05) is 81.4 Å². The lowest BCUT2D eigenvalue weighted by Gasteiger charge is -2.34. The molecule has 1 fully saturated rings. The molecule has 0 heterocycles. The summed E-state index contributed by atoms with van der Waals surface area (Å²) < 4.78 is 11.2. The van der Waals surface area contributed by atoms with E-state index in [2.05, 4.69) is 17.5 Å². The Morgan fingerprint density at radius 2 is 1.56 bits per heavy atom. The van der Waals surface area contributed by atoms with Crippen molar-refractivity contribution in [1.82, 2.24) is 10.2 Å². The number of hydrogen-bond acceptors (Lipinski definition) is 4. The van der Waals surface area contributed by atoms with Crippen molar-refractivity contribution < 1.29 is 19.1 Å². The molecule has 2 aromatic carbocycles. The lowest BCUT2D eigenvalue weighted by atomic mass is 9.88. The van der Waals surface area contributed by atoms with Crippen LogP contribution in [0.15, 0.2) is 72.8 Å². The van der Waals surface area contributed by atoms with Gasteiger partial charge in [-0.05, 0) is 50.2 Å². The summed E-state index contributed by atoms with van der Waals surface area (Å²) in [5.41, 5.74) is 1.42. The highest BCUT2D eigenvalue weighted by Crippen LogP contribution is 2.44. The molecular weight excluding hydrogens is 428 g/mol. The van der Waals surface area contributed by atoms with Crippen molar-refractivity contribution in [2.45, 2.75) is 52.0 Å². The van der Waals surface area contributed by atoms with E-state index in [-0.39, 0.29) is 30.6 Å². The number of carbonyl (C=O) groups is 2. The summed E-state index contributed by atoms with van der Waals surface area (Å²) in [6.45, 7) is 6.74. The van der Waals surface area contributed by atoms with E-state index in [0.29, 0.717) is 19.0 Å². The molecule has 2 aliphatic rings. The van der Waals surface area contributed by atoms with Crippen LogP contribution in [0.4, 0.5) is 9.59 Å². The van der Waals surface area contributed by atoms with Crippen LogP contribution in [-0.2, 0) is 22.6 Å². The Kier molecular flexibility index (Phi) is 7.25. The molecule has 0 saturated heterocycles. The normalized spacial score (nSPS) is 22.9. The quantitative estimate of drug-likeness (QED) is 0.549. The van der Waals surface area contributed by atoms with Gasteiger partial charge < -0.3 is 19.7 Å². The van der Waals surface area contributed by atoms with Crippen LogP contribution in [0.5, 0.6) is 0 Å². The summed E-state index contributed by atoms with van der Waals surface area (Å²) in [5.74, 6) is 0.655. The van der Waals surface area contributed by atoms with Gasteiger partial charge in [-0.1, -0.05) is 72.8 Å². The number of rotatable bonds is 7. The van der Waals surface area contributed by atoms with Crippen LogP contribution < -0.4 is 5.32 Å². The molecule has 1 saturated carbocycles. The number of nitrogens with zero attached hydrogens (tertiary/aromatic N) is 1. The zero-order valence-corrected chi connectivity index (χ0v) is 20.1. The fourth-order valence-corrected chi connectivity index (χ4v) is 4.90. The van der Waals surface area contributed by atoms with Gasteiger partial charge in [-0.25, -0.2) is 9.59 Å². The molecule has 6 heteroatoms. The third-order valence-electron chi connectivity index (χ3n) is 6.42. The Labute approximate surface area is 201 Å². The molecule has 4 rings (SSSR count). The SMILES string of the molecule is CC(C)(C)OC(=O)N[C@H]1[C@@H](CN(Cc2ccccc2)C(=O)OCc2ccccc2)[C@@H]2C=C[C@H]1C2. The van der Waals surface area contributed by atoms with Crippen LogP contribution in [0.25, 0.3) is 0 Å². The summed E-state index contributed by atoms with van der Waals surface area (Å²) >= 11 is 0. The second kappa shape index (κ2) is 10.3. The highest BCUT2D eigenvalue weighted by molar-refractivity contribution is 5.69. The first-order chi connectivity index (χ1) is 16.3. The molecule has 0 aliphatic heterocycles. The van der Waals surface area contributed by atoms with Crippen molar-refractivity contribution in [2.24, 2.45) is 17.8 Å². The van der Waals surface area contributed by atoms with E-state index in [1.165, 1.54) is 0 Å². The highest BCUT2D eigenvalue weighted by Gasteiger charge is 2.46. The molecule has 0 spiro atoms. The number of allylic oxidation sites excluding steroid dienone is 1. The van der Waals surface area contributed by atoms with Gasteiger partial charge in [0.2, 0.25) is 0 Å². The second-order valence-electron chi connectivity index (χ2n) is 10.2. The van der Waals surface area contributed by atoms with Gasteiger partial charge in [0.1, 0.15) is 12.2 Å². The standard InChI is InChI=1S/C28H34N2O4/c1-28(2,3)34-26(31)29-25-23-15-14-22(16-23)24(25)18-30(17-20-10-6-4-7-11-20)27(32)33-19-21-12-8-5-9-13-21/h4-15,22-25H,16-19H2,1-3H3,(H,29,31)/t22-,23+,24+,25-/m1/s1. The van der Waals surface area contributed by atoms with E-state index in [4.69, 9.17) is 9.47 Å². The predicted octanol–water partition coefficient (Wildman–Crippen LogP) is 5.54. The Hall–Kier alpha value is -3.28. The maximum Gasteiger partial charge on any atom is 0.410 e. The van der Waals surface area contributed by atoms with Gasteiger partial charge in [0.15, 0.2) is 0 Å². The van der Waals surface area contributed by atoms with Crippen molar-refractivity contribution in [3.8, 4) is 0 Å². The van der Waals surface area contributed by atoms with E-state index >= 15 is 0 Å². The molecule has 1 N–H and O–H groups in total. The van der Waals surface area contributed by atoms with E-state index in [1.54, 1.807) is 4.90 Å². The highest BCUT2D eigenvalue weighted by atomic mass is 16.6. The maximum absolute atomic E-state index is 13.2. The Morgan fingerprint density at radius 1 is 0.941 bits per heavy atom. The average Bonchev–Trinajstić information content (AvgIpc) is 3.40. The monoisotopic (exact) mass is 462 g/mol. The lowest BCUT2D eigenvalue weighted by Crippen LogP contribution is -2.49. The number of nitrogens with one attached hydrogen (secondary N) is 1. The van der Waals surface area contributed by atoms with Crippen LogP contribution in [0.2, 0.25) is 0 Å². The average molecular weight is 463 g/mol. The maximum atomic E-state index is 13.2. The minimum absolute atomic E-state index is 0.0787. The summed E-state index contributed by atoms with van der Waals surface area (Å²) in [4.78, 5) is 27.5. The Balaban J connectivity index is 1.48. The topological polar surface area (TPSA) is 67.9 Å². The zero-order chi connectivity index (χ0) is 24.1. The number of alkyl carbamates (subject to hydrolysis) is 1. The predicted molar refractivity (Wildman–Crippen MR) is 131 cm³/mol. The van der Waals surface area contributed by atoms with Crippen molar-refractivity contribution >= 4 is 12.2 Å². The summed E-state index contributed by atoms with van der Waals surface area (Å²) in [6, 6.07) is 19.5. The number of carbonyl (C=O) groups excluding carboxylic acids is 2.